The molecule has 102 valence electrons. The number of rotatable bonds is 5. The minimum atomic E-state index is -0.490. The SMILES string of the molecule is N#Cc1ccc(C(O)CNCC2CCCCC2)cc1. The van der Waals surface area contributed by atoms with E-state index in [2.05, 4.69) is 11.4 Å². The van der Waals surface area contributed by atoms with E-state index in [0.717, 1.165) is 18.0 Å². The van der Waals surface area contributed by atoms with Crippen LogP contribution in [0, 0.1) is 17.2 Å². The van der Waals surface area contributed by atoms with Crippen LogP contribution in [0.25, 0.3) is 0 Å². The van der Waals surface area contributed by atoms with Crippen molar-refractivity contribution in [3.8, 4) is 6.07 Å². The second-order valence-corrected chi connectivity index (χ2v) is 5.41. The van der Waals surface area contributed by atoms with E-state index in [1.807, 2.05) is 12.1 Å². The van der Waals surface area contributed by atoms with Gasteiger partial charge in [-0.15, -0.1) is 0 Å². The lowest BCUT2D eigenvalue weighted by Gasteiger charge is -2.22. The normalized spacial score (nSPS) is 17.9. The lowest BCUT2D eigenvalue weighted by Crippen LogP contribution is -2.28. The summed E-state index contributed by atoms with van der Waals surface area (Å²) in [5.41, 5.74) is 1.50. The van der Waals surface area contributed by atoms with Crippen LogP contribution in [-0.2, 0) is 0 Å². The highest BCUT2D eigenvalue weighted by atomic mass is 16.3. The first-order chi connectivity index (χ1) is 9.29. The summed E-state index contributed by atoms with van der Waals surface area (Å²) in [6.07, 6.45) is 6.23. The first kappa shape index (κ1) is 14.0. The van der Waals surface area contributed by atoms with Crippen LogP contribution in [0.5, 0.6) is 0 Å². The fourth-order valence-corrected chi connectivity index (χ4v) is 2.71. The van der Waals surface area contributed by atoms with Crippen molar-refractivity contribution >= 4 is 0 Å². The molecule has 3 heteroatoms. The molecule has 1 unspecified atom stereocenters. The summed E-state index contributed by atoms with van der Waals surface area (Å²) in [6, 6.07) is 9.23. The Labute approximate surface area is 115 Å². The van der Waals surface area contributed by atoms with E-state index in [1.54, 1.807) is 12.1 Å². The van der Waals surface area contributed by atoms with Gasteiger partial charge in [0.15, 0.2) is 0 Å². The minimum Gasteiger partial charge on any atom is -0.387 e. The first-order valence-electron chi connectivity index (χ1n) is 7.18. The van der Waals surface area contributed by atoms with Crippen LogP contribution in [-0.4, -0.2) is 18.2 Å². The molecule has 1 aromatic carbocycles. The van der Waals surface area contributed by atoms with Gasteiger partial charge in [-0.1, -0.05) is 31.4 Å². The number of benzene rings is 1. The Morgan fingerprint density at radius 1 is 1.21 bits per heavy atom. The summed E-state index contributed by atoms with van der Waals surface area (Å²) in [5, 5.41) is 22.2. The standard InChI is InChI=1S/C16H22N2O/c17-10-13-6-8-15(9-7-13)16(19)12-18-11-14-4-2-1-3-5-14/h6-9,14,16,18-19H,1-5,11-12H2. The number of nitrogens with zero attached hydrogens (tertiary/aromatic N) is 1. The third-order valence-electron chi connectivity index (χ3n) is 3.92. The number of nitrogens with one attached hydrogen (secondary N) is 1. The molecular formula is C16H22N2O. The van der Waals surface area contributed by atoms with Crippen molar-refractivity contribution < 1.29 is 5.11 Å². The Balaban J connectivity index is 1.73. The van der Waals surface area contributed by atoms with Gasteiger partial charge < -0.3 is 10.4 Å². The molecule has 3 nitrogen and oxygen atoms in total. The minimum absolute atomic E-state index is 0.490. The van der Waals surface area contributed by atoms with Gasteiger partial charge in [0.05, 0.1) is 17.7 Å². The zero-order valence-electron chi connectivity index (χ0n) is 11.3. The van der Waals surface area contributed by atoms with Gasteiger partial charge in [0.25, 0.3) is 0 Å². The van der Waals surface area contributed by atoms with E-state index in [1.165, 1.54) is 32.1 Å². The molecule has 0 spiro atoms. The zero-order valence-corrected chi connectivity index (χ0v) is 11.3. The molecule has 0 aliphatic heterocycles. The number of hydrogen-bond donors (Lipinski definition) is 2. The van der Waals surface area contributed by atoms with Crippen LogP contribution in [0.3, 0.4) is 0 Å². The molecule has 2 N–H and O–H groups in total. The second-order valence-electron chi connectivity index (χ2n) is 5.41. The fourth-order valence-electron chi connectivity index (χ4n) is 2.71. The quantitative estimate of drug-likeness (QED) is 0.854. The number of aliphatic hydroxyl groups is 1. The molecular weight excluding hydrogens is 236 g/mol. The van der Waals surface area contributed by atoms with Crippen molar-refractivity contribution in [2.24, 2.45) is 5.92 Å². The predicted octanol–water partition coefficient (Wildman–Crippen LogP) is 2.76. The van der Waals surface area contributed by atoms with Crippen LogP contribution < -0.4 is 5.32 Å². The van der Waals surface area contributed by atoms with Crippen LogP contribution in [0.1, 0.15) is 49.3 Å². The van der Waals surface area contributed by atoms with Gasteiger partial charge >= 0.3 is 0 Å². The van der Waals surface area contributed by atoms with Crippen LogP contribution in [0.15, 0.2) is 24.3 Å². The zero-order chi connectivity index (χ0) is 13.5. The second kappa shape index (κ2) is 7.28. The summed E-state index contributed by atoms with van der Waals surface area (Å²) >= 11 is 0. The van der Waals surface area contributed by atoms with E-state index in [-0.39, 0.29) is 0 Å². The predicted molar refractivity (Wildman–Crippen MR) is 75.6 cm³/mol. The van der Waals surface area contributed by atoms with Crippen molar-refractivity contribution in [2.45, 2.75) is 38.2 Å². The Morgan fingerprint density at radius 3 is 2.53 bits per heavy atom. The first-order valence-corrected chi connectivity index (χ1v) is 7.18. The third-order valence-corrected chi connectivity index (χ3v) is 3.92. The molecule has 1 aliphatic rings. The van der Waals surface area contributed by atoms with E-state index >= 15 is 0 Å². The summed E-state index contributed by atoms with van der Waals surface area (Å²) < 4.78 is 0. The van der Waals surface area contributed by atoms with Gasteiger partial charge in [0, 0.05) is 6.54 Å². The molecule has 0 saturated heterocycles. The molecule has 1 atom stereocenters. The molecule has 19 heavy (non-hydrogen) atoms. The molecule has 1 aliphatic carbocycles. The molecule has 0 radical (unpaired) electrons. The van der Waals surface area contributed by atoms with Gasteiger partial charge in [-0.2, -0.15) is 5.26 Å². The molecule has 0 bridgehead atoms. The van der Waals surface area contributed by atoms with E-state index in [4.69, 9.17) is 5.26 Å². The van der Waals surface area contributed by atoms with Gasteiger partial charge in [-0.05, 0) is 43.0 Å². The maximum atomic E-state index is 10.1. The molecule has 2 rings (SSSR count). The highest BCUT2D eigenvalue weighted by Gasteiger charge is 2.14. The molecule has 0 amide bonds. The van der Waals surface area contributed by atoms with Crippen molar-refractivity contribution in [1.82, 2.24) is 5.32 Å². The number of aliphatic hydroxyl groups excluding tert-OH is 1. The summed E-state index contributed by atoms with van der Waals surface area (Å²) in [6.45, 7) is 1.59. The Morgan fingerprint density at radius 2 is 1.89 bits per heavy atom. The Bertz CT molecular complexity index is 415. The van der Waals surface area contributed by atoms with Crippen LogP contribution >= 0.6 is 0 Å². The van der Waals surface area contributed by atoms with Gasteiger partial charge in [-0.25, -0.2) is 0 Å². The molecule has 0 heterocycles. The van der Waals surface area contributed by atoms with E-state index in [9.17, 15) is 5.11 Å². The lowest BCUT2D eigenvalue weighted by atomic mass is 9.89. The lowest BCUT2D eigenvalue weighted by molar-refractivity contribution is 0.171. The van der Waals surface area contributed by atoms with Crippen molar-refractivity contribution in [3.63, 3.8) is 0 Å². The average Bonchev–Trinajstić information content (AvgIpc) is 2.48. The average molecular weight is 258 g/mol. The molecule has 1 fully saturated rings. The van der Waals surface area contributed by atoms with Crippen molar-refractivity contribution in [3.05, 3.63) is 35.4 Å². The van der Waals surface area contributed by atoms with Gasteiger partial charge in [-0.3, -0.25) is 0 Å². The summed E-state index contributed by atoms with van der Waals surface area (Å²) in [7, 11) is 0. The number of hydrogen-bond acceptors (Lipinski definition) is 3. The molecule has 1 saturated carbocycles. The highest BCUT2D eigenvalue weighted by molar-refractivity contribution is 5.32. The van der Waals surface area contributed by atoms with Gasteiger partial charge in [0.2, 0.25) is 0 Å². The van der Waals surface area contributed by atoms with E-state index < -0.39 is 6.10 Å². The molecule has 1 aromatic rings. The third kappa shape index (κ3) is 4.34. The smallest absolute Gasteiger partial charge is 0.0991 e. The van der Waals surface area contributed by atoms with Crippen LogP contribution in [0.2, 0.25) is 0 Å². The summed E-state index contributed by atoms with van der Waals surface area (Å²) in [5.74, 6) is 0.780. The Hall–Kier alpha value is -1.37. The maximum absolute atomic E-state index is 10.1. The van der Waals surface area contributed by atoms with E-state index in [0.29, 0.717) is 12.1 Å². The monoisotopic (exact) mass is 258 g/mol. The largest absolute Gasteiger partial charge is 0.387 e. The fraction of sp³-hybridized carbons (Fsp3) is 0.562. The summed E-state index contributed by atoms with van der Waals surface area (Å²) in [4.78, 5) is 0. The number of nitriles is 1. The van der Waals surface area contributed by atoms with Crippen LogP contribution in [0.4, 0.5) is 0 Å². The maximum Gasteiger partial charge on any atom is 0.0991 e. The topological polar surface area (TPSA) is 56.0 Å². The molecule has 0 aromatic heterocycles. The van der Waals surface area contributed by atoms with Crippen molar-refractivity contribution in [1.29, 1.82) is 5.26 Å². The Kier molecular flexibility index (Phi) is 5.38. The van der Waals surface area contributed by atoms with Crippen molar-refractivity contribution in [2.75, 3.05) is 13.1 Å². The van der Waals surface area contributed by atoms with Gasteiger partial charge in [0.1, 0.15) is 0 Å². The highest BCUT2D eigenvalue weighted by Crippen LogP contribution is 2.23.